The summed E-state index contributed by atoms with van der Waals surface area (Å²) < 4.78 is 49.9. The van der Waals surface area contributed by atoms with Gasteiger partial charge in [-0.15, -0.1) is 0 Å². The van der Waals surface area contributed by atoms with Gasteiger partial charge in [0.15, 0.2) is 0 Å². The maximum atomic E-state index is 13.3. The van der Waals surface area contributed by atoms with E-state index in [-0.39, 0.29) is 13.2 Å². The van der Waals surface area contributed by atoms with Gasteiger partial charge in [-0.3, -0.25) is 0 Å². The Morgan fingerprint density at radius 1 is 0.727 bits per heavy atom. The molecular weight excluding hydrogens is 293 g/mol. The Morgan fingerprint density at radius 2 is 1.09 bits per heavy atom. The number of hydrogen-bond acceptors (Lipinski definition) is 2. The van der Waals surface area contributed by atoms with E-state index in [1.165, 1.54) is 0 Å². The summed E-state index contributed by atoms with van der Waals surface area (Å²) >= 11 is 0. The Labute approximate surface area is 127 Å². The summed E-state index contributed by atoms with van der Waals surface area (Å²) in [4.78, 5) is 0. The molecule has 0 heterocycles. The van der Waals surface area contributed by atoms with Crippen molar-refractivity contribution < 1.29 is 22.6 Å². The minimum atomic E-state index is -4.63. The molecule has 0 aromatic heterocycles. The van der Waals surface area contributed by atoms with E-state index >= 15 is 0 Å². The maximum Gasteiger partial charge on any atom is 0.442 e. The fraction of sp³-hybridized carbons (Fsp3) is 0.294. The average Bonchev–Trinajstić information content (AvgIpc) is 2.52. The molecule has 0 saturated carbocycles. The zero-order valence-electron chi connectivity index (χ0n) is 12.1. The first-order chi connectivity index (χ1) is 10.4. The minimum Gasteiger partial charge on any atom is -0.338 e. The summed E-state index contributed by atoms with van der Waals surface area (Å²) in [7, 11) is 0. The molecule has 0 spiro atoms. The molecule has 118 valence electrons. The van der Waals surface area contributed by atoms with Crippen LogP contribution in [0.3, 0.4) is 0 Å². The van der Waals surface area contributed by atoms with Crippen LogP contribution in [0.4, 0.5) is 13.2 Å². The lowest BCUT2D eigenvalue weighted by molar-refractivity contribution is -0.380. The zero-order chi connectivity index (χ0) is 16.1. The summed E-state index contributed by atoms with van der Waals surface area (Å²) in [6.07, 6.45) is -4.63. The first-order valence-corrected chi connectivity index (χ1v) is 6.83. The molecule has 5 heteroatoms. The van der Waals surface area contributed by atoms with Gasteiger partial charge in [0.2, 0.25) is 0 Å². The number of hydrogen-bond donors (Lipinski definition) is 0. The highest BCUT2D eigenvalue weighted by Gasteiger charge is 2.54. The van der Waals surface area contributed by atoms with E-state index < -0.39 is 12.0 Å². The van der Waals surface area contributed by atoms with Crippen LogP contribution in [0.1, 0.15) is 18.1 Å². The van der Waals surface area contributed by atoms with Crippen molar-refractivity contribution in [2.45, 2.75) is 32.1 Å². The quantitative estimate of drug-likeness (QED) is 0.720. The van der Waals surface area contributed by atoms with Crippen LogP contribution in [0.15, 0.2) is 60.7 Å². The number of rotatable bonds is 6. The lowest BCUT2D eigenvalue weighted by atomic mass is 10.2. The molecule has 0 saturated heterocycles. The number of alkyl halides is 3. The Hall–Kier alpha value is -1.85. The number of benzene rings is 2. The van der Waals surface area contributed by atoms with Crippen molar-refractivity contribution in [1.29, 1.82) is 0 Å². The summed E-state index contributed by atoms with van der Waals surface area (Å²) in [6, 6.07) is 17.4. The highest BCUT2D eigenvalue weighted by molar-refractivity contribution is 5.14. The van der Waals surface area contributed by atoms with Crippen molar-refractivity contribution >= 4 is 0 Å². The van der Waals surface area contributed by atoms with E-state index in [0.29, 0.717) is 11.1 Å². The molecule has 2 nitrogen and oxygen atoms in total. The molecule has 22 heavy (non-hydrogen) atoms. The molecule has 0 radical (unpaired) electrons. The highest BCUT2D eigenvalue weighted by atomic mass is 19.4. The molecule has 2 aromatic carbocycles. The third kappa shape index (κ3) is 4.32. The molecule has 0 aliphatic rings. The van der Waals surface area contributed by atoms with Crippen LogP contribution in [0.2, 0.25) is 0 Å². The summed E-state index contributed by atoms with van der Waals surface area (Å²) in [6.45, 7) is 0.552. The Bertz CT molecular complexity index is 524. The van der Waals surface area contributed by atoms with Crippen molar-refractivity contribution in [2.75, 3.05) is 0 Å². The topological polar surface area (TPSA) is 18.5 Å². The molecule has 2 aromatic rings. The second-order valence-electron chi connectivity index (χ2n) is 4.99. The van der Waals surface area contributed by atoms with Crippen LogP contribution in [-0.4, -0.2) is 12.0 Å². The molecule has 0 fully saturated rings. The van der Waals surface area contributed by atoms with Gasteiger partial charge in [0.05, 0.1) is 13.2 Å². The van der Waals surface area contributed by atoms with Gasteiger partial charge in [0, 0.05) is 0 Å². The number of ether oxygens (including phenoxy) is 2. The Kier molecular flexibility index (Phi) is 5.21. The Balaban J connectivity index is 2.04. The average molecular weight is 310 g/mol. The van der Waals surface area contributed by atoms with Crippen molar-refractivity contribution in [3.8, 4) is 0 Å². The van der Waals surface area contributed by atoms with E-state index in [1.54, 1.807) is 60.7 Å². The maximum absolute atomic E-state index is 13.3. The van der Waals surface area contributed by atoms with Crippen molar-refractivity contribution in [2.24, 2.45) is 0 Å². The standard InChI is InChI=1S/C17H17F3O2/c1-16(17(18,19)20,21-12-14-8-4-2-5-9-14)22-13-15-10-6-3-7-11-15/h2-11H,12-13H2,1H3. The molecule has 0 aliphatic carbocycles. The molecule has 0 atom stereocenters. The fourth-order valence-corrected chi connectivity index (χ4v) is 1.80. The molecule has 0 bridgehead atoms. The van der Waals surface area contributed by atoms with Crippen LogP contribution >= 0.6 is 0 Å². The van der Waals surface area contributed by atoms with Crippen LogP contribution in [0.5, 0.6) is 0 Å². The van der Waals surface area contributed by atoms with Gasteiger partial charge in [0.25, 0.3) is 5.79 Å². The van der Waals surface area contributed by atoms with E-state index in [4.69, 9.17) is 9.47 Å². The smallest absolute Gasteiger partial charge is 0.338 e. The lowest BCUT2D eigenvalue weighted by Crippen LogP contribution is -2.47. The second kappa shape index (κ2) is 6.94. The van der Waals surface area contributed by atoms with Gasteiger partial charge in [-0.05, 0) is 18.1 Å². The van der Waals surface area contributed by atoms with Crippen molar-refractivity contribution in [3.05, 3.63) is 71.8 Å². The molecule has 2 rings (SSSR count). The lowest BCUT2D eigenvalue weighted by Gasteiger charge is -2.32. The van der Waals surface area contributed by atoms with Crippen LogP contribution in [0.25, 0.3) is 0 Å². The monoisotopic (exact) mass is 310 g/mol. The van der Waals surface area contributed by atoms with Gasteiger partial charge >= 0.3 is 6.18 Å². The van der Waals surface area contributed by atoms with E-state index in [2.05, 4.69) is 0 Å². The third-order valence-electron chi connectivity index (χ3n) is 3.23. The van der Waals surface area contributed by atoms with Crippen molar-refractivity contribution in [3.63, 3.8) is 0 Å². The zero-order valence-corrected chi connectivity index (χ0v) is 12.1. The van der Waals surface area contributed by atoms with Gasteiger partial charge in [-0.1, -0.05) is 60.7 Å². The fourth-order valence-electron chi connectivity index (χ4n) is 1.80. The van der Waals surface area contributed by atoms with E-state index in [0.717, 1.165) is 6.92 Å². The first-order valence-electron chi connectivity index (χ1n) is 6.83. The minimum absolute atomic E-state index is 0.175. The van der Waals surface area contributed by atoms with Crippen LogP contribution < -0.4 is 0 Å². The third-order valence-corrected chi connectivity index (χ3v) is 3.23. The summed E-state index contributed by atoms with van der Waals surface area (Å²) in [5, 5.41) is 0. The van der Waals surface area contributed by atoms with Gasteiger partial charge in [0.1, 0.15) is 0 Å². The summed E-state index contributed by atoms with van der Waals surface area (Å²) in [5.41, 5.74) is 1.31. The molecule has 0 N–H and O–H groups in total. The van der Waals surface area contributed by atoms with Gasteiger partial charge < -0.3 is 9.47 Å². The SMILES string of the molecule is CC(OCc1ccccc1)(OCc1ccccc1)C(F)(F)F. The Morgan fingerprint density at radius 3 is 1.41 bits per heavy atom. The molecular formula is C17H17F3O2. The van der Waals surface area contributed by atoms with Gasteiger partial charge in [-0.2, -0.15) is 13.2 Å². The highest BCUT2D eigenvalue weighted by Crippen LogP contribution is 2.36. The second-order valence-corrected chi connectivity index (χ2v) is 4.99. The predicted molar refractivity (Wildman–Crippen MR) is 76.9 cm³/mol. The van der Waals surface area contributed by atoms with Crippen LogP contribution in [0, 0.1) is 0 Å². The van der Waals surface area contributed by atoms with E-state index in [1.807, 2.05) is 0 Å². The predicted octanol–water partition coefficient (Wildman–Crippen LogP) is 4.70. The van der Waals surface area contributed by atoms with Crippen molar-refractivity contribution in [1.82, 2.24) is 0 Å². The molecule has 0 amide bonds. The first kappa shape index (κ1) is 16.5. The molecule has 0 aliphatic heterocycles. The van der Waals surface area contributed by atoms with Crippen LogP contribution in [-0.2, 0) is 22.7 Å². The number of halogens is 3. The largest absolute Gasteiger partial charge is 0.442 e. The normalized spacial score (nSPS) is 12.4. The molecule has 0 unspecified atom stereocenters. The summed E-state index contributed by atoms with van der Waals surface area (Å²) in [5.74, 6) is -2.65. The van der Waals surface area contributed by atoms with E-state index in [9.17, 15) is 13.2 Å². The van der Waals surface area contributed by atoms with Gasteiger partial charge in [-0.25, -0.2) is 0 Å².